The molecular formula is C24H31NO6S. The van der Waals surface area contributed by atoms with E-state index < -0.39 is 34.1 Å². The Hall–Kier alpha value is -2.19. The molecule has 2 bridgehead atoms. The Balaban J connectivity index is 1.44. The van der Waals surface area contributed by atoms with E-state index in [-0.39, 0.29) is 22.6 Å². The predicted molar refractivity (Wildman–Crippen MR) is 121 cm³/mol. The van der Waals surface area contributed by atoms with Gasteiger partial charge in [0.05, 0.1) is 31.1 Å². The van der Waals surface area contributed by atoms with E-state index >= 15 is 0 Å². The predicted octanol–water partition coefficient (Wildman–Crippen LogP) is 2.43. The Morgan fingerprint density at radius 3 is 2.50 bits per heavy atom. The van der Waals surface area contributed by atoms with Gasteiger partial charge in [-0.05, 0) is 54.7 Å². The van der Waals surface area contributed by atoms with E-state index in [9.17, 15) is 18.9 Å². The lowest BCUT2D eigenvalue weighted by Crippen LogP contribution is -2.44. The molecule has 4 rings (SSSR count). The fourth-order valence-electron chi connectivity index (χ4n) is 5.83. The highest BCUT2D eigenvalue weighted by molar-refractivity contribution is 7.90. The number of aliphatic hydroxyl groups is 1. The minimum Gasteiger partial charge on any atom is -0.493 e. The summed E-state index contributed by atoms with van der Waals surface area (Å²) in [6, 6.07) is 5.46. The number of hydrogen-bond acceptors (Lipinski definition) is 6. The molecule has 0 unspecified atom stereocenters. The summed E-state index contributed by atoms with van der Waals surface area (Å²) in [5, 5.41) is 10.7. The summed E-state index contributed by atoms with van der Waals surface area (Å²) in [7, 11) is 1.47. The summed E-state index contributed by atoms with van der Waals surface area (Å²) >= 11 is 0. The van der Waals surface area contributed by atoms with Gasteiger partial charge in [0.1, 0.15) is 4.91 Å². The van der Waals surface area contributed by atoms with Crippen molar-refractivity contribution < 1.29 is 28.4 Å². The van der Waals surface area contributed by atoms with Crippen LogP contribution in [0.2, 0.25) is 0 Å². The van der Waals surface area contributed by atoms with E-state index in [1.807, 2.05) is 12.1 Å². The van der Waals surface area contributed by atoms with Crippen LogP contribution in [0.5, 0.6) is 11.5 Å². The number of rotatable bonds is 8. The van der Waals surface area contributed by atoms with Crippen LogP contribution in [-0.4, -0.2) is 58.7 Å². The molecule has 0 saturated heterocycles. The average molecular weight is 462 g/mol. The number of amides is 2. The number of fused-ring (bicyclic) bond motifs is 2. The standard InChI is InChI=1S/C24H31NO6S/c1-23(2)16-7-9-24(23,20(26)12-16)14-32(29)19-13-21(27)25(22(19)28)10-8-15-5-6-17(30-3)18(11-15)31-4/h5-6,11,13,16,20,26H,7-10,12,14H2,1-4H3/t16-,20-,24-,32-/m1/s1. The number of hydrogen-bond donors (Lipinski definition) is 1. The second-order valence-electron chi connectivity index (χ2n) is 9.60. The van der Waals surface area contributed by atoms with Crippen molar-refractivity contribution in [2.45, 2.75) is 45.6 Å². The summed E-state index contributed by atoms with van der Waals surface area (Å²) < 4.78 is 23.8. The van der Waals surface area contributed by atoms with Crippen LogP contribution in [0, 0.1) is 16.7 Å². The highest BCUT2D eigenvalue weighted by atomic mass is 32.2. The van der Waals surface area contributed by atoms with Gasteiger partial charge in [-0.1, -0.05) is 19.9 Å². The van der Waals surface area contributed by atoms with Gasteiger partial charge in [-0.2, -0.15) is 0 Å². The van der Waals surface area contributed by atoms with Crippen molar-refractivity contribution in [3.63, 3.8) is 0 Å². The molecule has 4 atom stereocenters. The van der Waals surface area contributed by atoms with Gasteiger partial charge in [0.2, 0.25) is 0 Å². The quantitative estimate of drug-likeness (QED) is 0.598. The highest BCUT2D eigenvalue weighted by Gasteiger charge is 2.64. The first kappa shape index (κ1) is 23.0. The third kappa shape index (κ3) is 3.48. The van der Waals surface area contributed by atoms with Crippen molar-refractivity contribution in [1.82, 2.24) is 4.90 Å². The molecule has 1 aromatic carbocycles. The van der Waals surface area contributed by atoms with Gasteiger partial charge in [0.25, 0.3) is 11.8 Å². The van der Waals surface area contributed by atoms with Crippen molar-refractivity contribution >= 4 is 22.6 Å². The Bertz CT molecular complexity index is 1000. The first-order valence-corrected chi connectivity index (χ1v) is 12.3. The van der Waals surface area contributed by atoms with Crippen LogP contribution in [0.25, 0.3) is 0 Å². The molecule has 1 heterocycles. The molecule has 0 spiro atoms. The zero-order valence-corrected chi connectivity index (χ0v) is 19.9. The third-order valence-electron chi connectivity index (χ3n) is 8.07. The van der Waals surface area contributed by atoms with Crippen LogP contribution in [0.3, 0.4) is 0 Å². The average Bonchev–Trinajstić information content (AvgIpc) is 3.26. The SMILES string of the molecule is COc1ccc(CCN2C(=O)C=C([S@](=O)C[C@]34CC[C@H](C[C@H]3O)C4(C)C)C2=O)cc1OC. The van der Waals surface area contributed by atoms with Crippen LogP contribution in [0.1, 0.15) is 38.7 Å². The summed E-state index contributed by atoms with van der Waals surface area (Å²) in [6.07, 6.45) is 3.66. The topological polar surface area (TPSA) is 93.1 Å². The number of ether oxygens (including phenoxy) is 2. The number of methoxy groups -OCH3 is 2. The lowest BCUT2D eigenvalue weighted by atomic mass is 9.70. The molecule has 1 aromatic rings. The normalized spacial score (nSPS) is 29.4. The molecular weight excluding hydrogens is 430 g/mol. The molecule has 32 heavy (non-hydrogen) atoms. The number of imide groups is 1. The summed E-state index contributed by atoms with van der Waals surface area (Å²) in [4.78, 5) is 26.7. The van der Waals surface area contributed by atoms with Crippen LogP contribution in [0.4, 0.5) is 0 Å². The van der Waals surface area contributed by atoms with Crippen LogP contribution in [-0.2, 0) is 26.8 Å². The van der Waals surface area contributed by atoms with E-state index in [2.05, 4.69) is 13.8 Å². The fourth-order valence-corrected chi connectivity index (χ4v) is 7.70. The number of nitrogens with zero attached hydrogens (tertiary/aromatic N) is 1. The molecule has 1 N–H and O–H groups in total. The van der Waals surface area contributed by atoms with Crippen molar-refractivity contribution in [1.29, 1.82) is 0 Å². The first-order valence-electron chi connectivity index (χ1n) is 11.0. The second-order valence-corrected chi connectivity index (χ2v) is 11.0. The van der Waals surface area contributed by atoms with Gasteiger partial charge in [0.15, 0.2) is 11.5 Å². The number of benzene rings is 1. The minimum atomic E-state index is -1.64. The lowest BCUT2D eigenvalue weighted by Gasteiger charge is -2.40. The fraction of sp³-hybridized carbons (Fsp3) is 0.583. The van der Waals surface area contributed by atoms with Crippen molar-refractivity contribution in [2.75, 3.05) is 26.5 Å². The molecule has 2 amide bonds. The van der Waals surface area contributed by atoms with E-state index in [1.54, 1.807) is 20.3 Å². The first-order chi connectivity index (χ1) is 15.1. The maximum absolute atomic E-state index is 13.2. The maximum atomic E-state index is 13.2. The van der Waals surface area contributed by atoms with Gasteiger partial charge in [-0.15, -0.1) is 0 Å². The highest BCUT2D eigenvalue weighted by Crippen LogP contribution is 2.66. The molecule has 8 heteroatoms. The summed E-state index contributed by atoms with van der Waals surface area (Å²) in [5.74, 6) is 0.871. The number of carbonyl (C=O) groups is 2. The van der Waals surface area contributed by atoms with Gasteiger partial charge < -0.3 is 14.6 Å². The summed E-state index contributed by atoms with van der Waals surface area (Å²) in [5.41, 5.74) is 0.283. The molecule has 2 fully saturated rings. The van der Waals surface area contributed by atoms with Crippen LogP contribution >= 0.6 is 0 Å². The molecule has 1 aliphatic heterocycles. The van der Waals surface area contributed by atoms with E-state index in [1.165, 1.54) is 6.08 Å². The molecule has 174 valence electrons. The van der Waals surface area contributed by atoms with E-state index in [0.717, 1.165) is 23.3 Å². The molecule has 7 nitrogen and oxygen atoms in total. The second kappa shape index (κ2) is 8.30. The molecule has 0 aromatic heterocycles. The van der Waals surface area contributed by atoms with E-state index in [0.29, 0.717) is 30.3 Å². The van der Waals surface area contributed by atoms with Gasteiger partial charge >= 0.3 is 0 Å². The van der Waals surface area contributed by atoms with Crippen molar-refractivity contribution in [2.24, 2.45) is 16.7 Å². The maximum Gasteiger partial charge on any atom is 0.269 e. The van der Waals surface area contributed by atoms with E-state index in [4.69, 9.17) is 9.47 Å². The van der Waals surface area contributed by atoms with Crippen LogP contribution < -0.4 is 9.47 Å². The molecule has 2 saturated carbocycles. The minimum absolute atomic E-state index is 0.0510. The Labute approximate surface area is 191 Å². The third-order valence-corrected chi connectivity index (χ3v) is 9.63. The molecule has 0 radical (unpaired) electrons. The van der Waals surface area contributed by atoms with Crippen molar-refractivity contribution in [3.8, 4) is 11.5 Å². The monoisotopic (exact) mass is 461 g/mol. The van der Waals surface area contributed by atoms with Gasteiger partial charge in [-0.25, -0.2) is 0 Å². The largest absolute Gasteiger partial charge is 0.493 e. The van der Waals surface area contributed by atoms with Gasteiger partial charge in [0, 0.05) is 23.8 Å². The zero-order valence-electron chi connectivity index (χ0n) is 19.1. The number of carbonyl (C=O) groups excluding carboxylic acids is 2. The van der Waals surface area contributed by atoms with Crippen molar-refractivity contribution in [3.05, 3.63) is 34.7 Å². The Morgan fingerprint density at radius 2 is 1.91 bits per heavy atom. The molecule has 3 aliphatic rings. The number of aliphatic hydroxyl groups excluding tert-OH is 1. The lowest BCUT2D eigenvalue weighted by molar-refractivity contribution is -0.136. The zero-order chi connectivity index (χ0) is 23.3. The molecule has 2 aliphatic carbocycles. The Kier molecular flexibility index (Phi) is 5.96. The Morgan fingerprint density at radius 1 is 1.19 bits per heavy atom. The van der Waals surface area contributed by atoms with Gasteiger partial charge in [-0.3, -0.25) is 18.7 Å². The summed E-state index contributed by atoms with van der Waals surface area (Å²) in [6.45, 7) is 4.44. The van der Waals surface area contributed by atoms with Crippen LogP contribution in [0.15, 0.2) is 29.2 Å². The smallest absolute Gasteiger partial charge is 0.269 e.